The van der Waals surface area contributed by atoms with Crippen molar-refractivity contribution in [1.82, 2.24) is 10.6 Å². The van der Waals surface area contributed by atoms with Crippen LogP contribution in [0.15, 0.2) is 24.3 Å². The zero-order valence-electron chi connectivity index (χ0n) is 13.8. The Bertz CT molecular complexity index is 599. The number of para-hydroxylation sites is 1. The van der Waals surface area contributed by atoms with E-state index in [4.69, 9.17) is 0 Å². The quantitative estimate of drug-likeness (QED) is 0.786. The number of carbonyl (C=O) groups is 2. The van der Waals surface area contributed by atoms with Crippen LogP contribution < -0.4 is 15.5 Å². The van der Waals surface area contributed by atoms with Crippen LogP contribution >= 0.6 is 0 Å². The minimum absolute atomic E-state index is 0.0103. The van der Waals surface area contributed by atoms with Gasteiger partial charge in [0.15, 0.2) is 0 Å². The molecule has 1 heterocycles. The Morgan fingerprint density at radius 1 is 1.17 bits per heavy atom. The molecule has 1 unspecified atom stereocenters. The van der Waals surface area contributed by atoms with Crippen molar-refractivity contribution in [2.75, 3.05) is 24.6 Å². The molecule has 130 valence electrons. The highest BCUT2D eigenvalue weighted by Gasteiger charge is 2.31. The van der Waals surface area contributed by atoms with Crippen LogP contribution in [0.3, 0.4) is 0 Å². The van der Waals surface area contributed by atoms with Gasteiger partial charge in [-0.05, 0) is 24.5 Å². The predicted octanol–water partition coefficient (Wildman–Crippen LogP) is 1.74. The van der Waals surface area contributed by atoms with Gasteiger partial charge in [-0.1, -0.05) is 37.5 Å². The molecule has 6 nitrogen and oxygen atoms in total. The fourth-order valence-electron chi connectivity index (χ4n) is 3.62. The number of urea groups is 1. The molecule has 2 aliphatic rings. The molecule has 24 heavy (non-hydrogen) atoms. The number of amides is 3. The van der Waals surface area contributed by atoms with Gasteiger partial charge in [0.05, 0.1) is 13.2 Å². The first kappa shape index (κ1) is 16.8. The van der Waals surface area contributed by atoms with Crippen LogP contribution in [0.1, 0.15) is 43.6 Å². The van der Waals surface area contributed by atoms with Gasteiger partial charge in [0, 0.05) is 24.2 Å². The highest BCUT2D eigenvalue weighted by molar-refractivity contribution is 5.98. The molecule has 3 amide bonds. The Labute approximate surface area is 142 Å². The molecular formula is C18H25N3O3. The molecular weight excluding hydrogens is 306 g/mol. The van der Waals surface area contributed by atoms with Crippen molar-refractivity contribution in [3.8, 4) is 0 Å². The second-order valence-electron chi connectivity index (χ2n) is 6.60. The average molecular weight is 331 g/mol. The van der Waals surface area contributed by atoms with E-state index in [9.17, 15) is 14.7 Å². The van der Waals surface area contributed by atoms with Crippen LogP contribution in [0.4, 0.5) is 10.5 Å². The van der Waals surface area contributed by atoms with Crippen LogP contribution in [0, 0.1) is 0 Å². The summed E-state index contributed by atoms with van der Waals surface area (Å²) in [6.45, 7) is 0.433. The lowest BCUT2D eigenvalue weighted by Crippen LogP contribution is -2.47. The molecule has 0 spiro atoms. The minimum atomic E-state index is -0.276. The number of carbonyl (C=O) groups excluding carboxylic acids is 2. The highest BCUT2D eigenvalue weighted by atomic mass is 16.3. The fourth-order valence-corrected chi connectivity index (χ4v) is 3.62. The van der Waals surface area contributed by atoms with E-state index in [1.54, 1.807) is 4.90 Å². The number of hydrogen-bond donors (Lipinski definition) is 3. The number of anilines is 1. The zero-order chi connectivity index (χ0) is 16.9. The Hall–Kier alpha value is -2.08. The van der Waals surface area contributed by atoms with Crippen molar-refractivity contribution in [2.45, 2.75) is 44.1 Å². The lowest BCUT2D eigenvalue weighted by Gasteiger charge is -2.23. The molecule has 1 aromatic rings. The van der Waals surface area contributed by atoms with E-state index in [2.05, 4.69) is 10.6 Å². The number of nitrogens with one attached hydrogen (secondary N) is 2. The topological polar surface area (TPSA) is 81.7 Å². The maximum Gasteiger partial charge on any atom is 0.315 e. The zero-order valence-corrected chi connectivity index (χ0v) is 13.8. The first-order valence-corrected chi connectivity index (χ1v) is 8.73. The summed E-state index contributed by atoms with van der Waals surface area (Å²) in [4.78, 5) is 26.1. The summed E-state index contributed by atoms with van der Waals surface area (Å²) in [6.07, 6.45) is 5.56. The molecule has 1 atom stereocenters. The second-order valence-corrected chi connectivity index (χ2v) is 6.60. The van der Waals surface area contributed by atoms with Crippen LogP contribution in [-0.4, -0.2) is 42.8 Å². The van der Waals surface area contributed by atoms with Gasteiger partial charge in [-0.15, -0.1) is 0 Å². The smallest absolute Gasteiger partial charge is 0.315 e. The molecule has 0 bridgehead atoms. The van der Waals surface area contributed by atoms with Gasteiger partial charge in [0.2, 0.25) is 5.91 Å². The van der Waals surface area contributed by atoms with E-state index >= 15 is 0 Å². The van der Waals surface area contributed by atoms with Crippen LogP contribution in [0.5, 0.6) is 0 Å². The lowest BCUT2D eigenvalue weighted by atomic mass is 9.96. The fraction of sp³-hybridized carbons (Fsp3) is 0.556. The van der Waals surface area contributed by atoms with E-state index in [1.165, 1.54) is 6.42 Å². The summed E-state index contributed by atoms with van der Waals surface area (Å²) in [6, 6.07) is 7.55. The number of rotatable bonds is 4. The standard InChI is InChI=1S/C18H25N3O3/c22-12-13-11-21(16-9-5-4-8-15(13)16)17(23)10-19-18(24)20-14-6-2-1-3-7-14/h4-5,8-9,13-14,22H,1-3,6-7,10-12H2,(H2,19,20,24). The number of fused-ring (bicyclic) bond motifs is 1. The molecule has 1 aliphatic carbocycles. The Kier molecular flexibility index (Phi) is 5.35. The van der Waals surface area contributed by atoms with Crippen molar-refractivity contribution in [3.05, 3.63) is 29.8 Å². The number of nitrogens with zero attached hydrogens (tertiary/aromatic N) is 1. The van der Waals surface area contributed by atoms with Crippen molar-refractivity contribution in [1.29, 1.82) is 0 Å². The minimum Gasteiger partial charge on any atom is -0.396 e. The van der Waals surface area contributed by atoms with E-state index in [-0.39, 0.29) is 37.0 Å². The number of benzene rings is 1. The summed E-state index contributed by atoms with van der Waals surface area (Å²) in [7, 11) is 0. The SMILES string of the molecule is O=C(NCC(=O)N1CC(CO)c2ccccc21)NC1CCCCC1. The molecule has 0 saturated heterocycles. The average Bonchev–Trinajstić information content (AvgIpc) is 2.99. The molecule has 1 fully saturated rings. The van der Waals surface area contributed by atoms with Crippen LogP contribution in [0.2, 0.25) is 0 Å². The first-order chi connectivity index (χ1) is 11.7. The van der Waals surface area contributed by atoms with Gasteiger partial charge in [-0.3, -0.25) is 4.79 Å². The third kappa shape index (κ3) is 3.70. The first-order valence-electron chi connectivity index (χ1n) is 8.73. The molecule has 3 rings (SSSR count). The van der Waals surface area contributed by atoms with E-state index in [0.29, 0.717) is 6.54 Å². The second kappa shape index (κ2) is 7.66. The summed E-state index contributed by atoms with van der Waals surface area (Å²) in [5, 5.41) is 15.1. The highest BCUT2D eigenvalue weighted by Crippen LogP contribution is 2.35. The maximum absolute atomic E-state index is 12.5. The summed E-state index contributed by atoms with van der Waals surface area (Å²) >= 11 is 0. The normalized spacial score (nSPS) is 20.5. The van der Waals surface area contributed by atoms with Gasteiger partial charge in [-0.2, -0.15) is 0 Å². The summed E-state index contributed by atoms with van der Waals surface area (Å²) < 4.78 is 0. The Balaban J connectivity index is 1.53. The largest absolute Gasteiger partial charge is 0.396 e. The van der Waals surface area contributed by atoms with Gasteiger partial charge < -0.3 is 20.6 Å². The van der Waals surface area contributed by atoms with E-state index in [1.807, 2.05) is 24.3 Å². The molecule has 1 saturated carbocycles. The Morgan fingerprint density at radius 3 is 2.67 bits per heavy atom. The number of hydrogen-bond acceptors (Lipinski definition) is 3. The van der Waals surface area contributed by atoms with Crippen molar-refractivity contribution in [3.63, 3.8) is 0 Å². The molecule has 0 radical (unpaired) electrons. The van der Waals surface area contributed by atoms with Crippen LogP contribution in [-0.2, 0) is 4.79 Å². The van der Waals surface area contributed by atoms with E-state index < -0.39 is 0 Å². The number of aliphatic hydroxyl groups is 1. The van der Waals surface area contributed by atoms with E-state index in [0.717, 1.165) is 36.9 Å². The van der Waals surface area contributed by atoms with Crippen LogP contribution in [0.25, 0.3) is 0 Å². The monoisotopic (exact) mass is 331 g/mol. The predicted molar refractivity (Wildman–Crippen MR) is 92.0 cm³/mol. The van der Waals surface area contributed by atoms with Gasteiger partial charge in [0.25, 0.3) is 0 Å². The third-order valence-corrected chi connectivity index (χ3v) is 4.93. The molecule has 3 N–H and O–H groups in total. The van der Waals surface area contributed by atoms with Crippen molar-refractivity contribution >= 4 is 17.6 Å². The lowest BCUT2D eigenvalue weighted by molar-refractivity contribution is -0.117. The molecule has 0 aromatic heterocycles. The molecule has 6 heteroatoms. The van der Waals surface area contributed by atoms with Gasteiger partial charge >= 0.3 is 6.03 Å². The maximum atomic E-state index is 12.5. The Morgan fingerprint density at radius 2 is 1.92 bits per heavy atom. The van der Waals surface area contributed by atoms with Gasteiger partial charge in [-0.25, -0.2) is 4.79 Å². The molecule has 1 aliphatic heterocycles. The molecule has 1 aromatic carbocycles. The van der Waals surface area contributed by atoms with Crippen molar-refractivity contribution in [2.24, 2.45) is 0 Å². The summed E-state index contributed by atoms with van der Waals surface area (Å²) in [5.41, 5.74) is 1.82. The number of aliphatic hydroxyl groups excluding tert-OH is 1. The third-order valence-electron chi connectivity index (χ3n) is 4.93. The van der Waals surface area contributed by atoms with Crippen molar-refractivity contribution < 1.29 is 14.7 Å². The summed E-state index contributed by atoms with van der Waals surface area (Å²) in [5.74, 6) is -0.210. The van der Waals surface area contributed by atoms with Gasteiger partial charge in [0.1, 0.15) is 0 Å².